The quantitative estimate of drug-likeness (QED) is 0.239. The molecular formula is C11H11N5O2S. The van der Waals surface area contributed by atoms with Crippen molar-refractivity contribution in [2.24, 2.45) is 5.84 Å². The van der Waals surface area contributed by atoms with Gasteiger partial charge in [0.05, 0.1) is 11.3 Å². The molecule has 7 nitrogen and oxygen atoms in total. The first-order valence-corrected chi connectivity index (χ1v) is 6.31. The van der Waals surface area contributed by atoms with Crippen molar-refractivity contribution in [3.63, 3.8) is 0 Å². The lowest BCUT2D eigenvalue weighted by Gasteiger charge is -2.02. The standard InChI is InChI=1S/C11H11N5O2S/c12-16-10(18)7-1-2-8(14-5-7)6-19-11-13-4-3-9(17)15-11/h1-5H,6,12H2,(H,16,18)(H,13,15,17). The number of hydrazine groups is 1. The molecule has 0 atom stereocenters. The van der Waals surface area contributed by atoms with Gasteiger partial charge in [-0.3, -0.25) is 20.0 Å². The second-order valence-corrected chi connectivity index (χ2v) is 4.50. The van der Waals surface area contributed by atoms with Gasteiger partial charge in [-0.15, -0.1) is 0 Å². The van der Waals surface area contributed by atoms with Crippen molar-refractivity contribution in [2.45, 2.75) is 10.9 Å². The number of hydrogen-bond donors (Lipinski definition) is 3. The molecular weight excluding hydrogens is 266 g/mol. The third kappa shape index (κ3) is 3.63. The van der Waals surface area contributed by atoms with Crippen LogP contribution in [0.3, 0.4) is 0 Å². The number of nitrogen functional groups attached to an aromatic ring is 1. The number of nitrogens with one attached hydrogen (secondary N) is 2. The van der Waals surface area contributed by atoms with E-state index < -0.39 is 0 Å². The zero-order chi connectivity index (χ0) is 13.7. The molecule has 0 aliphatic carbocycles. The molecule has 0 aliphatic heterocycles. The first-order chi connectivity index (χ1) is 9.19. The summed E-state index contributed by atoms with van der Waals surface area (Å²) >= 11 is 1.35. The van der Waals surface area contributed by atoms with Crippen molar-refractivity contribution in [3.05, 3.63) is 52.2 Å². The van der Waals surface area contributed by atoms with Crippen LogP contribution in [0.2, 0.25) is 0 Å². The lowest BCUT2D eigenvalue weighted by Crippen LogP contribution is -2.30. The number of hydrogen-bond acceptors (Lipinski definition) is 6. The van der Waals surface area contributed by atoms with Crippen LogP contribution in [0.4, 0.5) is 0 Å². The summed E-state index contributed by atoms with van der Waals surface area (Å²) < 4.78 is 0. The minimum absolute atomic E-state index is 0.194. The van der Waals surface area contributed by atoms with Gasteiger partial charge in [0.1, 0.15) is 0 Å². The fourth-order valence-electron chi connectivity index (χ4n) is 1.30. The Morgan fingerprint density at radius 1 is 1.37 bits per heavy atom. The summed E-state index contributed by atoms with van der Waals surface area (Å²) in [6.07, 6.45) is 2.89. The summed E-state index contributed by atoms with van der Waals surface area (Å²) in [5, 5.41) is 0.526. The molecule has 2 rings (SSSR count). The summed E-state index contributed by atoms with van der Waals surface area (Å²) in [5.41, 5.74) is 3.00. The smallest absolute Gasteiger partial charge is 0.266 e. The molecule has 2 heterocycles. The van der Waals surface area contributed by atoms with Crippen LogP contribution >= 0.6 is 11.8 Å². The number of carbonyl (C=O) groups excluding carboxylic acids is 1. The monoisotopic (exact) mass is 277 g/mol. The van der Waals surface area contributed by atoms with Crippen LogP contribution in [0.5, 0.6) is 0 Å². The Bertz CT molecular complexity index is 625. The molecule has 98 valence electrons. The molecule has 8 heteroatoms. The lowest BCUT2D eigenvalue weighted by atomic mass is 10.2. The molecule has 0 aromatic carbocycles. The van der Waals surface area contributed by atoms with Gasteiger partial charge < -0.3 is 4.98 Å². The van der Waals surface area contributed by atoms with Gasteiger partial charge in [0.25, 0.3) is 11.5 Å². The average Bonchev–Trinajstić information content (AvgIpc) is 2.45. The van der Waals surface area contributed by atoms with Gasteiger partial charge >= 0.3 is 0 Å². The maximum absolute atomic E-state index is 11.2. The fourth-order valence-corrected chi connectivity index (χ4v) is 2.06. The first-order valence-electron chi connectivity index (χ1n) is 5.33. The predicted octanol–water partition coefficient (Wildman–Crippen LogP) is 0.0607. The van der Waals surface area contributed by atoms with Gasteiger partial charge in [-0.25, -0.2) is 10.8 Å². The van der Waals surface area contributed by atoms with E-state index in [1.54, 1.807) is 12.1 Å². The van der Waals surface area contributed by atoms with Crippen molar-refractivity contribution >= 4 is 17.7 Å². The number of nitrogens with zero attached hydrogens (tertiary/aromatic N) is 2. The first kappa shape index (κ1) is 13.2. The second-order valence-electron chi connectivity index (χ2n) is 3.54. The molecule has 0 unspecified atom stereocenters. The number of carbonyl (C=O) groups is 1. The van der Waals surface area contributed by atoms with Crippen LogP contribution in [-0.2, 0) is 5.75 Å². The SMILES string of the molecule is NNC(=O)c1ccc(CSc2nccc(=O)[nH]2)nc1. The topological polar surface area (TPSA) is 114 Å². The number of nitrogens with two attached hydrogens (primary N) is 1. The minimum Gasteiger partial charge on any atom is -0.301 e. The molecule has 0 radical (unpaired) electrons. The van der Waals surface area contributed by atoms with Crippen molar-refractivity contribution in [1.29, 1.82) is 0 Å². The Labute approximate surface area is 112 Å². The molecule has 19 heavy (non-hydrogen) atoms. The van der Waals surface area contributed by atoms with Crippen LogP contribution < -0.4 is 16.8 Å². The average molecular weight is 277 g/mol. The Kier molecular flexibility index (Phi) is 4.26. The molecule has 0 saturated carbocycles. The van der Waals surface area contributed by atoms with E-state index in [9.17, 15) is 9.59 Å². The molecule has 0 bridgehead atoms. The number of H-pyrrole nitrogens is 1. The van der Waals surface area contributed by atoms with E-state index in [-0.39, 0.29) is 11.5 Å². The Balaban J connectivity index is 2.00. The zero-order valence-corrected chi connectivity index (χ0v) is 10.6. The summed E-state index contributed by atoms with van der Waals surface area (Å²) in [7, 11) is 0. The molecule has 0 aliphatic rings. The van der Waals surface area contributed by atoms with Gasteiger partial charge in [0.15, 0.2) is 5.16 Å². The van der Waals surface area contributed by atoms with Crippen molar-refractivity contribution < 1.29 is 4.79 Å². The summed E-state index contributed by atoms with van der Waals surface area (Å²) in [6.45, 7) is 0. The molecule has 2 aromatic heterocycles. The maximum atomic E-state index is 11.2. The van der Waals surface area contributed by atoms with Gasteiger partial charge in [-0.2, -0.15) is 0 Å². The number of pyridine rings is 1. The molecule has 0 saturated heterocycles. The Morgan fingerprint density at radius 3 is 2.84 bits per heavy atom. The number of thioether (sulfide) groups is 1. The highest BCUT2D eigenvalue weighted by molar-refractivity contribution is 7.98. The highest BCUT2D eigenvalue weighted by atomic mass is 32.2. The zero-order valence-electron chi connectivity index (χ0n) is 9.79. The highest BCUT2D eigenvalue weighted by Gasteiger charge is 2.04. The van der Waals surface area contributed by atoms with Crippen LogP contribution in [-0.4, -0.2) is 20.9 Å². The third-order valence-electron chi connectivity index (χ3n) is 2.22. The number of amides is 1. The summed E-state index contributed by atoms with van der Waals surface area (Å²) in [4.78, 5) is 33.0. The van der Waals surface area contributed by atoms with Crippen LogP contribution in [0.15, 0.2) is 40.5 Å². The maximum Gasteiger partial charge on any atom is 0.266 e. The van der Waals surface area contributed by atoms with Crippen LogP contribution in [0, 0.1) is 0 Å². The van der Waals surface area contributed by atoms with E-state index in [1.165, 1.54) is 30.2 Å². The fraction of sp³-hybridized carbons (Fsp3) is 0.0909. The highest BCUT2D eigenvalue weighted by Crippen LogP contribution is 2.16. The van der Waals surface area contributed by atoms with Gasteiger partial charge in [-0.1, -0.05) is 11.8 Å². The largest absolute Gasteiger partial charge is 0.301 e. The summed E-state index contributed by atoms with van der Waals surface area (Å²) in [5.74, 6) is 5.17. The Morgan fingerprint density at radius 2 is 2.21 bits per heavy atom. The normalized spacial score (nSPS) is 10.2. The van der Waals surface area contributed by atoms with Crippen molar-refractivity contribution in [3.8, 4) is 0 Å². The lowest BCUT2D eigenvalue weighted by molar-refractivity contribution is 0.0953. The number of aromatic nitrogens is 3. The van der Waals surface area contributed by atoms with Crippen molar-refractivity contribution in [1.82, 2.24) is 20.4 Å². The minimum atomic E-state index is -0.388. The molecule has 0 fully saturated rings. The van der Waals surface area contributed by atoms with E-state index >= 15 is 0 Å². The van der Waals surface area contributed by atoms with Crippen LogP contribution in [0.1, 0.15) is 16.1 Å². The second kappa shape index (κ2) is 6.12. The van der Waals surface area contributed by atoms with Crippen LogP contribution in [0.25, 0.3) is 0 Å². The van der Waals surface area contributed by atoms with E-state index in [0.717, 1.165) is 5.69 Å². The van der Waals surface area contributed by atoms with E-state index in [0.29, 0.717) is 16.5 Å². The molecule has 4 N–H and O–H groups in total. The number of aromatic amines is 1. The molecule has 2 aromatic rings. The third-order valence-corrected chi connectivity index (χ3v) is 3.14. The Hall–Kier alpha value is -2.19. The van der Waals surface area contributed by atoms with Gasteiger partial charge in [0, 0.05) is 24.2 Å². The van der Waals surface area contributed by atoms with Gasteiger partial charge in [0.2, 0.25) is 0 Å². The molecule has 0 spiro atoms. The van der Waals surface area contributed by atoms with Crippen molar-refractivity contribution in [2.75, 3.05) is 0 Å². The van der Waals surface area contributed by atoms with Gasteiger partial charge in [-0.05, 0) is 12.1 Å². The summed E-state index contributed by atoms with van der Waals surface area (Å²) in [6, 6.07) is 4.70. The predicted molar refractivity (Wildman–Crippen MR) is 70.3 cm³/mol. The van der Waals surface area contributed by atoms with E-state index in [4.69, 9.17) is 5.84 Å². The van der Waals surface area contributed by atoms with E-state index in [2.05, 4.69) is 15.0 Å². The molecule has 1 amide bonds. The number of rotatable bonds is 4. The van der Waals surface area contributed by atoms with E-state index in [1.807, 2.05) is 5.43 Å².